The topological polar surface area (TPSA) is 78.5 Å². The van der Waals surface area contributed by atoms with Gasteiger partial charge in [-0.1, -0.05) is 41.9 Å². The van der Waals surface area contributed by atoms with Gasteiger partial charge in [-0.15, -0.1) is 0 Å². The predicted molar refractivity (Wildman–Crippen MR) is 112 cm³/mol. The standard InChI is InChI=1S/C22H24ClN3O3/c23-18-11-5-4-10-17(18)22(29)26-15-6-12-19(26)21(28)25-14-7-13-24-20(27)16-8-2-1-3-9-16/h1-5,8-11,19H,6-7,12-15H2,(H,24,27)(H,25,28)/t19-/m1/s1. The Morgan fingerprint density at radius 2 is 1.66 bits per heavy atom. The molecule has 1 fully saturated rings. The van der Waals surface area contributed by atoms with Crippen LogP contribution in [0.2, 0.25) is 5.02 Å². The van der Waals surface area contributed by atoms with Gasteiger partial charge in [-0.3, -0.25) is 14.4 Å². The van der Waals surface area contributed by atoms with Gasteiger partial charge >= 0.3 is 0 Å². The first-order valence-corrected chi connectivity index (χ1v) is 10.1. The van der Waals surface area contributed by atoms with Crippen molar-refractivity contribution in [3.8, 4) is 0 Å². The highest BCUT2D eigenvalue weighted by Crippen LogP contribution is 2.23. The predicted octanol–water partition coefficient (Wildman–Crippen LogP) is 2.88. The number of carbonyl (C=O) groups excluding carboxylic acids is 3. The molecular formula is C22H24ClN3O3. The van der Waals surface area contributed by atoms with E-state index in [1.165, 1.54) is 0 Å². The molecular weight excluding hydrogens is 390 g/mol. The van der Waals surface area contributed by atoms with Gasteiger partial charge in [0.25, 0.3) is 11.8 Å². The fourth-order valence-corrected chi connectivity index (χ4v) is 3.60. The van der Waals surface area contributed by atoms with Gasteiger partial charge in [0.2, 0.25) is 5.91 Å². The van der Waals surface area contributed by atoms with Gasteiger partial charge in [0.1, 0.15) is 6.04 Å². The summed E-state index contributed by atoms with van der Waals surface area (Å²) in [6.07, 6.45) is 2.02. The molecule has 152 valence electrons. The number of benzene rings is 2. The Hall–Kier alpha value is -2.86. The van der Waals surface area contributed by atoms with E-state index in [2.05, 4.69) is 10.6 Å². The smallest absolute Gasteiger partial charge is 0.256 e. The van der Waals surface area contributed by atoms with E-state index in [9.17, 15) is 14.4 Å². The fraction of sp³-hybridized carbons (Fsp3) is 0.318. The van der Waals surface area contributed by atoms with Crippen LogP contribution in [0.3, 0.4) is 0 Å². The monoisotopic (exact) mass is 413 g/mol. The average Bonchev–Trinajstić information content (AvgIpc) is 3.24. The van der Waals surface area contributed by atoms with Crippen LogP contribution in [0.4, 0.5) is 0 Å². The third-order valence-electron chi connectivity index (χ3n) is 4.89. The van der Waals surface area contributed by atoms with Gasteiger partial charge in [-0.2, -0.15) is 0 Å². The van der Waals surface area contributed by atoms with E-state index in [4.69, 9.17) is 11.6 Å². The number of hydrogen-bond acceptors (Lipinski definition) is 3. The van der Waals surface area contributed by atoms with Crippen molar-refractivity contribution in [3.05, 3.63) is 70.7 Å². The van der Waals surface area contributed by atoms with E-state index >= 15 is 0 Å². The molecule has 3 amide bonds. The summed E-state index contributed by atoms with van der Waals surface area (Å²) in [6.45, 7) is 1.43. The summed E-state index contributed by atoms with van der Waals surface area (Å²) in [5.74, 6) is -0.523. The first-order chi connectivity index (χ1) is 14.1. The minimum absolute atomic E-state index is 0.135. The number of amides is 3. The van der Waals surface area contributed by atoms with E-state index in [1.807, 2.05) is 18.2 Å². The molecule has 1 aliphatic rings. The van der Waals surface area contributed by atoms with Crippen molar-refractivity contribution < 1.29 is 14.4 Å². The maximum Gasteiger partial charge on any atom is 0.256 e. The molecule has 0 saturated carbocycles. The fourth-order valence-electron chi connectivity index (χ4n) is 3.38. The van der Waals surface area contributed by atoms with E-state index in [-0.39, 0.29) is 17.7 Å². The second-order valence-electron chi connectivity index (χ2n) is 6.90. The Balaban J connectivity index is 1.44. The van der Waals surface area contributed by atoms with Crippen LogP contribution in [0.25, 0.3) is 0 Å². The number of halogens is 1. The Labute approximate surface area is 175 Å². The lowest BCUT2D eigenvalue weighted by Crippen LogP contribution is -2.46. The van der Waals surface area contributed by atoms with Crippen LogP contribution in [0, 0.1) is 0 Å². The summed E-state index contributed by atoms with van der Waals surface area (Å²) in [4.78, 5) is 38.9. The van der Waals surface area contributed by atoms with Crippen LogP contribution < -0.4 is 10.6 Å². The zero-order chi connectivity index (χ0) is 20.6. The molecule has 1 aliphatic heterocycles. The van der Waals surface area contributed by atoms with Crippen molar-refractivity contribution >= 4 is 29.3 Å². The van der Waals surface area contributed by atoms with Crippen LogP contribution >= 0.6 is 11.6 Å². The summed E-state index contributed by atoms with van der Waals surface area (Å²) in [6, 6.07) is 15.4. The Morgan fingerprint density at radius 3 is 2.41 bits per heavy atom. The maximum absolute atomic E-state index is 12.8. The highest BCUT2D eigenvalue weighted by Gasteiger charge is 2.34. The number of hydrogen-bond donors (Lipinski definition) is 2. The van der Waals surface area contributed by atoms with Crippen molar-refractivity contribution in [2.24, 2.45) is 0 Å². The quantitative estimate of drug-likeness (QED) is 0.685. The van der Waals surface area contributed by atoms with Crippen molar-refractivity contribution in [3.63, 3.8) is 0 Å². The lowest BCUT2D eigenvalue weighted by molar-refractivity contribution is -0.124. The number of likely N-dealkylation sites (tertiary alicyclic amines) is 1. The zero-order valence-corrected chi connectivity index (χ0v) is 16.8. The SMILES string of the molecule is O=C(NCCCNC(=O)[C@H]1CCCN1C(=O)c1ccccc1Cl)c1ccccc1. The van der Waals surface area contributed by atoms with Crippen molar-refractivity contribution in [1.82, 2.24) is 15.5 Å². The molecule has 0 aliphatic carbocycles. The second kappa shape index (κ2) is 10.1. The summed E-state index contributed by atoms with van der Waals surface area (Å²) >= 11 is 6.13. The molecule has 2 aromatic carbocycles. The average molecular weight is 414 g/mol. The molecule has 7 heteroatoms. The lowest BCUT2D eigenvalue weighted by atomic mass is 10.1. The first kappa shape index (κ1) is 20.9. The minimum Gasteiger partial charge on any atom is -0.354 e. The normalized spacial score (nSPS) is 15.8. The molecule has 3 rings (SSSR count). The highest BCUT2D eigenvalue weighted by atomic mass is 35.5. The third-order valence-corrected chi connectivity index (χ3v) is 5.22. The van der Waals surface area contributed by atoms with Gasteiger partial charge in [-0.25, -0.2) is 0 Å². The van der Waals surface area contributed by atoms with Crippen LogP contribution in [0.5, 0.6) is 0 Å². The van der Waals surface area contributed by atoms with E-state index in [1.54, 1.807) is 41.3 Å². The molecule has 0 unspecified atom stereocenters. The molecule has 0 spiro atoms. The molecule has 2 aromatic rings. The molecule has 1 heterocycles. The van der Waals surface area contributed by atoms with E-state index in [0.29, 0.717) is 48.6 Å². The van der Waals surface area contributed by atoms with Crippen LogP contribution in [0.15, 0.2) is 54.6 Å². The Bertz CT molecular complexity index is 873. The Kier molecular flexibility index (Phi) is 7.25. The molecule has 2 N–H and O–H groups in total. The Morgan fingerprint density at radius 1 is 0.966 bits per heavy atom. The van der Waals surface area contributed by atoms with Crippen LogP contribution in [-0.4, -0.2) is 48.3 Å². The van der Waals surface area contributed by atoms with Crippen molar-refractivity contribution in [2.45, 2.75) is 25.3 Å². The van der Waals surface area contributed by atoms with Gasteiger partial charge in [0.15, 0.2) is 0 Å². The molecule has 1 saturated heterocycles. The van der Waals surface area contributed by atoms with Gasteiger partial charge in [0.05, 0.1) is 10.6 Å². The van der Waals surface area contributed by atoms with Crippen molar-refractivity contribution in [1.29, 1.82) is 0 Å². The minimum atomic E-state index is -0.488. The highest BCUT2D eigenvalue weighted by molar-refractivity contribution is 6.33. The zero-order valence-electron chi connectivity index (χ0n) is 16.1. The molecule has 1 atom stereocenters. The van der Waals surface area contributed by atoms with Gasteiger partial charge in [-0.05, 0) is 43.5 Å². The summed E-state index contributed by atoms with van der Waals surface area (Å²) in [7, 11) is 0. The number of nitrogens with zero attached hydrogens (tertiary/aromatic N) is 1. The van der Waals surface area contributed by atoms with Gasteiger partial charge < -0.3 is 15.5 Å². The third kappa shape index (κ3) is 5.35. The number of carbonyl (C=O) groups is 3. The maximum atomic E-state index is 12.8. The molecule has 0 radical (unpaired) electrons. The second-order valence-corrected chi connectivity index (χ2v) is 7.31. The lowest BCUT2D eigenvalue weighted by Gasteiger charge is -2.24. The summed E-state index contributed by atoms with van der Waals surface area (Å²) in [5, 5.41) is 6.09. The van der Waals surface area contributed by atoms with Gasteiger partial charge in [0, 0.05) is 25.2 Å². The summed E-state index contributed by atoms with van der Waals surface area (Å²) < 4.78 is 0. The van der Waals surface area contributed by atoms with Crippen LogP contribution in [-0.2, 0) is 4.79 Å². The molecule has 0 bridgehead atoms. The largest absolute Gasteiger partial charge is 0.354 e. The van der Waals surface area contributed by atoms with Crippen molar-refractivity contribution in [2.75, 3.05) is 19.6 Å². The van der Waals surface area contributed by atoms with Crippen LogP contribution in [0.1, 0.15) is 40.0 Å². The molecule has 29 heavy (non-hydrogen) atoms. The summed E-state index contributed by atoms with van der Waals surface area (Å²) in [5.41, 5.74) is 1.02. The molecule has 0 aromatic heterocycles. The number of rotatable bonds is 7. The first-order valence-electron chi connectivity index (χ1n) is 9.74. The molecule has 6 nitrogen and oxygen atoms in total. The number of nitrogens with one attached hydrogen (secondary N) is 2. The van der Waals surface area contributed by atoms with E-state index in [0.717, 1.165) is 6.42 Å². The van der Waals surface area contributed by atoms with E-state index < -0.39 is 6.04 Å².